The Kier molecular flexibility index (Phi) is 5.79. The molecule has 0 spiro atoms. The summed E-state index contributed by atoms with van der Waals surface area (Å²) in [7, 11) is 0. The fourth-order valence-electron chi connectivity index (χ4n) is 4.09. The van der Waals surface area contributed by atoms with Crippen molar-refractivity contribution in [2.45, 2.75) is 37.6 Å². The van der Waals surface area contributed by atoms with E-state index in [1.54, 1.807) is 18.5 Å². The average molecular weight is 412 g/mol. The van der Waals surface area contributed by atoms with Gasteiger partial charge in [0.1, 0.15) is 22.8 Å². The van der Waals surface area contributed by atoms with Gasteiger partial charge in [-0.1, -0.05) is 0 Å². The summed E-state index contributed by atoms with van der Waals surface area (Å²) in [5.41, 5.74) is 1.02. The molecule has 1 amide bonds. The lowest BCUT2D eigenvalue weighted by atomic mass is 9.94. The number of carbonyl (C=O) groups excluding carboxylic acids is 1. The van der Waals surface area contributed by atoms with Crippen LogP contribution in [0.3, 0.4) is 0 Å². The van der Waals surface area contributed by atoms with E-state index in [9.17, 15) is 14.4 Å². The summed E-state index contributed by atoms with van der Waals surface area (Å²) in [6.07, 6.45) is 2.99. The van der Waals surface area contributed by atoms with Crippen molar-refractivity contribution in [2.75, 3.05) is 37.6 Å². The molecule has 0 aliphatic carbocycles. The standard InChI is InChI=1S/C21H25FN6O2/c1-14-11-28(16-3-2-15(10-23)18-19(16)26-9-8-25-18)12-17(30-14)20(29)27-13-21(22)4-6-24-7-5-21/h2-3,8-9,14,17,24H,4-7,11-13H2,1H3,(H,27,29)/t14-,17-/m1/s1. The Hall–Kier alpha value is -2.83. The highest BCUT2D eigenvalue weighted by molar-refractivity contribution is 5.92. The van der Waals surface area contributed by atoms with Gasteiger partial charge in [0.05, 0.1) is 30.4 Å². The minimum Gasteiger partial charge on any atom is -0.364 e. The number of morpholine rings is 1. The van der Waals surface area contributed by atoms with E-state index in [4.69, 9.17) is 4.74 Å². The number of hydrogen-bond acceptors (Lipinski definition) is 7. The monoisotopic (exact) mass is 412 g/mol. The number of hydrogen-bond donors (Lipinski definition) is 2. The largest absolute Gasteiger partial charge is 0.364 e. The Bertz CT molecular complexity index is 972. The fourth-order valence-corrected chi connectivity index (χ4v) is 4.09. The molecule has 2 saturated heterocycles. The molecule has 1 aromatic heterocycles. The van der Waals surface area contributed by atoms with Gasteiger partial charge < -0.3 is 20.3 Å². The second-order valence-electron chi connectivity index (χ2n) is 7.96. The third-order valence-corrected chi connectivity index (χ3v) is 5.70. The smallest absolute Gasteiger partial charge is 0.251 e. The molecule has 9 heteroatoms. The highest BCUT2D eigenvalue weighted by atomic mass is 19.1. The third-order valence-electron chi connectivity index (χ3n) is 5.70. The molecule has 158 valence electrons. The maximum absolute atomic E-state index is 14.8. The van der Waals surface area contributed by atoms with Gasteiger partial charge >= 0.3 is 0 Å². The van der Waals surface area contributed by atoms with Gasteiger partial charge in [-0.15, -0.1) is 0 Å². The van der Waals surface area contributed by atoms with E-state index < -0.39 is 11.8 Å². The van der Waals surface area contributed by atoms with Crippen molar-refractivity contribution in [2.24, 2.45) is 0 Å². The minimum atomic E-state index is -1.38. The molecule has 2 aliphatic rings. The predicted molar refractivity (Wildman–Crippen MR) is 110 cm³/mol. The molecule has 3 heterocycles. The summed E-state index contributed by atoms with van der Waals surface area (Å²) in [6.45, 7) is 4.00. The van der Waals surface area contributed by atoms with Crippen LogP contribution in [0.15, 0.2) is 24.5 Å². The number of ether oxygens (including phenoxy) is 1. The van der Waals surface area contributed by atoms with Crippen molar-refractivity contribution in [1.29, 1.82) is 5.26 Å². The van der Waals surface area contributed by atoms with Crippen LogP contribution in [0.4, 0.5) is 10.1 Å². The first kappa shape index (κ1) is 20.4. The minimum absolute atomic E-state index is 0.00692. The van der Waals surface area contributed by atoms with Crippen LogP contribution < -0.4 is 15.5 Å². The molecule has 2 aliphatic heterocycles. The number of anilines is 1. The Balaban J connectivity index is 1.51. The van der Waals surface area contributed by atoms with E-state index in [1.807, 2.05) is 17.9 Å². The van der Waals surface area contributed by atoms with Gasteiger partial charge in [0, 0.05) is 18.9 Å². The highest BCUT2D eigenvalue weighted by Gasteiger charge is 2.35. The van der Waals surface area contributed by atoms with Crippen LogP contribution in [0.5, 0.6) is 0 Å². The second kappa shape index (κ2) is 8.50. The van der Waals surface area contributed by atoms with Crippen LogP contribution in [0.1, 0.15) is 25.3 Å². The fraction of sp³-hybridized carbons (Fsp3) is 0.524. The molecular formula is C21H25FN6O2. The van der Waals surface area contributed by atoms with Crippen LogP contribution in [0.2, 0.25) is 0 Å². The lowest BCUT2D eigenvalue weighted by molar-refractivity contribution is -0.138. The predicted octanol–water partition coefficient (Wildman–Crippen LogP) is 1.30. The Labute approximate surface area is 174 Å². The quantitative estimate of drug-likeness (QED) is 0.780. The van der Waals surface area contributed by atoms with E-state index >= 15 is 0 Å². The number of halogens is 1. The van der Waals surface area contributed by atoms with E-state index in [-0.39, 0.29) is 18.6 Å². The molecule has 30 heavy (non-hydrogen) atoms. The van der Waals surface area contributed by atoms with Gasteiger partial charge in [-0.25, -0.2) is 4.39 Å². The van der Waals surface area contributed by atoms with Gasteiger partial charge in [-0.3, -0.25) is 14.8 Å². The lowest BCUT2D eigenvalue weighted by Gasteiger charge is -2.38. The van der Waals surface area contributed by atoms with Crippen molar-refractivity contribution in [3.63, 3.8) is 0 Å². The van der Waals surface area contributed by atoms with E-state index in [2.05, 4.69) is 26.7 Å². The number of aromatic nitrogens is 2. The van der Waals surface area contributed by atoms with Crippen molar-refractivity contribution in [1.82, 2.24) is 20.6 Å². The number of fused-ring (bicyclic) bond motifs is 1. The zero-order valence-electron chi connectivity index (χ0n) is 16.9. The topological polar surface area (TPSA) is 103 Å². The third kappa shape index (κ3) is 4.20. The highest BCUT2D eigenvalue weighted by Crippen LogP contribution is 2.29. The van der Waals surface area contributed by atoms with E-state index in [1.165, 1.54) is 0 Å². The molecule has 0 saturated carbocycles. The number of rotatable bonds is 4. The number of piperidine rings is 1. The van der Waals surface area contributed by atoms with Crippen molar-refractivity contribution < 1.29 is 13.9 Å². The number of nitriles is 1. The summed E-state index contributed by atoms with van der Waals surface area (Å²) in [4.78, 5) is 23.5. The molecule has 8 nitrogen and oxygen atoms in total. The van der Waals surface area contributed by atoms with E-state index in [0.29, 0.717) is 55.6 Å². The maximum atomic E-state index is 14.8. The Morgan fingerprint density at radius 3 is 2.80 bits per heavy atom. The summed E-state index contributed by atoms with van der Waals surface area (Å²) < 4.78 is 20.7. The molecule has 2 atom stereocenters. The normalized spacial score (nSPS) is 23.7. The average Bonchev–Trinajstić information content (AvgIpc) is 2.77. The van der Waals surface area contributed by atoms with Gasteiger partial charge in [0.25, 0.3) is 5.91 Å². The second-order valence-corrected chi connectivity index (χ2v) is 7.96. The van der Waals surface area contributed by atoms with Gasteiger partial charge in [-0.05, 0) is 45.0 Å². The summed E-state index contributed by atoms with van der Waals surface area (Å²) in [5.74, 6) is -0.314. The number of benzene rings is 1. The molecule has 0 unspecified atom stereocenters. The van der Waals surface area contributed by atoms with Gasteiger partial charge in [0.15, 0.2) is 6.10 Å². The molecule has 0 radical (unpaired) electrons. The number of nitrogens with one attached hydrogen (secondary N) is 2. The number of carbonyl (C=O) groups is 1. The molecule has 1 aromatic carbocycles. The summed E-state index contributed by atoms with van der Waals surface area (Å²) in [5, 5.41) is 15.2. The zero-order valence-corrected chi connectivity index (χ0v) is 16.9. The number of alkyl halides is 1. The van der Waals surface area contributed by atoms with Crippen molar-refractivity contribution in [3.8, 4) is 6.07 Å². The molecular weight excluding hydrogens is 387 g/mol. The van der Waals surface area contributed by atoms with E-state index in [0.717, 1.165) is 5.69 Å². The Morgan fingerprint density at radius 1 is 1.33 bits per heavy atom. The molecule has 2 fully saturated rings. The first-order valence-electron chi connectivity index (χ1n) is 10.2. The zero-order chi connectivity index (χ0) is 21.1. The lowest BCUT2D eigenvalue weighted by Crippen LogP contribution is -2.55. The first-order valence-corrected chi connectivity index (χ1v) is 10.2. The van der Waals surface area contributed by atoms with Crippen molar-refractivity contribution in [3.05, 3.63) is 30.1 Å². The summed E-state index contributed by atoms with van der Waals surface area (Å²) >= 11 is 0. The first-order chi connectivity index (χ1) is 14.5. The van der Waals surface area contributed by atoms with Gasteiger partial charge in [-0.2, -0.15) is 5.26 Å². The summed E-state index contributed by atoms with van der Waals surface area (Å²) in [6, 6.07) is 5.68. The molecule has 2 N–H and O–H groups in total. The molecule has 2 aromatic rings. The van der Waals surface area contributed by atoms with Gasteiger partial charge in [0.2, 0.25) is 0 Å². The maximum Gasteiger partial charge on any atom is 0.251 e. The molecule has 4 rings (SSSR count). The number of nitrogens with zero attached hydrogens (tertiary/aromatic N) is 4. The SMILES string of the molecule is C[C@@H]1CN(c2ccc(C#N)c3nccnc23)C[C@H](C(=O)NCC2(F)CCNCC2)O1. The number of amides is 1. The van der Waals surface area contributed by atoms with Crippen LogP contribution in [-0.2, 0) is 9.53 Å². The Morgan fingerprint density at radius 2 is 2.07 bits per heavy atom. The van der Waals surface area contributed by atoms with Crippen LogP contribution >= 0.6 is 0 Å². The van der Waals surface area contributed by atoms with Crippen LogP contribution in [0.25, 0.3) is 11.0 Å². The van der Waals surface area contributed by atoms with Crippen LogP contribution in [0, 0.1) is 11.3 Å². The van der Waals surface area contributed by atoms with Crippen molar-refractivity contribution >= 4 is 22.6 Å². The van der Waals surface area contributed by atoms with Crippen LogP contribution in [-0.4, -0.2) is 66.5 Å². The molecule has 0 bridgehead atoms.